The summed E-state index contributed by atoms with van der Waals surface area (Å²) < 4.78 is 12.3. The highest BCUT2D eigenvalue weighted by atomic mass is 127. The van der Waals surface area contributed by atoms with Crippen molar-refractivity contribution < 1.29 is 13.9 Å². The lowest BCUT2D eigenvalue weighted by atomic mass is 10.1. The lowest BCUT2D eigenvalue weighted by Crippen LogP contribution is -2.42. The van der Waals surface area contributed by atoms with Crippen LogP contribution in [0.5, 0.6) is 0 Å². The largest absolute Gasteiger partial charge is 0.465 e. The summed E-state index contributed by atoms with van der Waals surface area (Å²) >= 11 is 0. The summed E-state index contributed by atoms with van der Waals surface area (Å²) in [5.74, 6) is 1.44. The molecule has 2 aromatic rings. The molecule has 0 radical (unpaired) electrons. The van der Waals surface area contributed by atoms with E-state index in [1.54, 1.807) is 20.0 Å². The molecule has 0 spiro atoms. The molecule has 0 bridgehead atoms. The van der Waals surface area contributed by atoms with Gasteiger partial charge < -0.3 is 19.8 Å². The Hall–Kier alpha value is -2.04. The number of esters is 1. The van der Waals surface area contributed by atoms with Crippen LogP contribution in [0.2, 0.25) is 0 Å². The summed E-state index contributed by atoms with van der Waals surface area (Å²) in [6.07, 6.45) is 0.846. The molecule has 1 atom stereocenters. The molecule has 9 heteroatoms. The van der Waals surface area contributed by atoms with Crippen LogP contribution in [0.25, 0.3) is 0 Å². The third kappa shape index (κ3) is 5.73. The summed E-state index contributed by atoms with van der Waals surface area (Å²) in [6, 6.07) is 1.86. The van der Waals surface area contributed by atoms with Crippen LogP contribution in [-0.4, -0.2) is 41.9 Å². The second kappa shape index (κ2) is 10.5. The minimum absolute atomic E-state index is 0. The van der Waals surface area contributed by atoms with Gasteiger partial charge in [-0.25, -0.2) is 4.79 Å². The Morgan fingerprint density at radius 1 is 1.39 bits per heavy atom. The van der Waals surface area contributed by atoms with Crippen LogP contribution in [0.15, 0.2) is 15.5 Å². The van der Waals surface area contributed by atoms with Gasteiger partial charge >= 0.3 is 5.97 Å². The predicted octanol–water partition coefficient (Wildman–Crippen LogP) is 2.64. The van der Waals surface area contributed by atoms with Crippen molar-refractivity contribution in [1.29, 1.82) is 0 Å². The summed E-state index contributed by atoms with van der Waals surface area (Å²) in [5, 5.41) is 11.0. The first-order valence-electron chi connectivity index (χ1n) is 8.90. The van der Waals surface area contributed by atoms with Crippen molar-refractivity contribution in [1.82, 2.24) is 20.4 Å². The van der Waals surface area contributed by atoms with Gasteiger partial charge in [-0.3, -0.25) is 9.67 Å². The van der Waals surface area contributed by atoms with Crippen LogP contribution in [0.1, 0.15) is 45.8 Å². The van der Waals surface area contributed by atoms with Crippen LogP contribution in [0, 0.1) is 20.8 Å². The molecule has 1 unspecified atom stereocenters. The van der Waals surface area contributed by atoms with Crippen molar-refractivity contribution in [2.24, 2.45) is 12.0 Å². The zero-order chi connectivity index (χ0) is 20.1. The fourth-order valence-corrected chi connectivity index (χ4v) is 3.01. The molecule has 2 N–H and O–H groups in total. The number of nitrogens with one attached hydrogen (secondary N) is 2. The Morgan fingerprint density at radius 2 is 2.07 bits per heavy atom. The zero-order valence-corrected chi connectivity index (χ0v) is 19.9. The first-order chi connectivity index (χ1) is 12.8. The maximum Gasteiger partial charge on any atom is 0.341 e. The molecule has 156 valence electrons. The van der Waals surface area contributed by atoms with E-state index in [0.29, 0.717) is 29.6 Å². The Morgan fingerprint density at radius 3 is 2.61 bits per heavy atom. The molecule has 28 heavy (non-hydrogen) atoms. The first-order valence-corrected chi connectivity index (χ1v) is 8.90. The molecule has 0 fully saturated rings. The summed E-state index contributed by atoms with van der Waals surface area (Å²) in [4.78, 5) is 15.9. The average Bonchev–Trinajstić information content (AvgIpc) is 3.12. The van der Waals surface area contributed by atoms with Gasteiger partial charge in [-0.1, -0.05) is 0 Å². The van der Waals surface area contributed by atoms with Gasteiger partial charge in [0, 0.05) is 25.8 Å². The lowest BCUT2D eigenvalue weighted by Gasteiger charge is -2.18. The summed E-state index contributed by atoms with van der Waals surface area (Å²) in [5.41, 5.74) is 3.91. The van der Waals surface area contributed by atoms with Crippen molar-refractivity contribution >= 4 is 35.9 Å². The molecule has 8 nitrogen and oxygen atoms in total. The van der Waals surface area contributed by atoms with Crippen LogP contribution in [0.4, 0.5) is 0 Å². The normalized spacial score (nSPS) is 12.3. The molecule has 0 aliphatic heterocycles. The van der Waals surface area contributed by atoms with Gasteiger partial charge in [0.25, 0.3) is 0 Å². The number of rotatable bonds is 6. The number of halogens is 1. The molecule has 0 saturated heterocycles. The van der Waals surface area contributed by atoms with E-state index in [4.69, 9.17) is 9.15 Å². The number of aromatic nitrogens is 2. The van der Waals surface area contributed by atoms with Crippen molar-refractivity contribution in [3.63, 3.8) is 0 Å². The number of carbonyl (C=O) groups excluding carboxylic acids is 1. The number of furan rings is 1. The standard InChI is InChI=1S/C19H29N5O3.HI/c1-11(8-16-12(2)23-24(6)13(16)3)22-19(20-5)21-10-15-9-17(14(4)27-15)18(25)26-7;/h9,11H,8,10H2,1-7H3,(H2,20,21,22);1H. The van der Waals surface area contributed by atoms with Gasteiger partial charge in [-0.15, -0.1) is 24.0 Å². The van der Waals surface area contributed by atoms with Gasteiger partial charge in [0.1, 0.15) is 17.1 Å². The molecule has 0 aliphatic rings. The molecule has 0 aliphatic carbocycles. The number of nitrogens with zero attached hydrogens (tertiary/aromatic N) is 3. The highest BCUT2D eigenvalue weighted by Crippen LogP contribution is 2.16. The average molecular weight is 503 g/mol. The van der Waals surface area contributed by atoms with E-state index in [9.17, 15) is 4.79 Å². The number of aryl methyl sites for hydroxylation is 3. The highest BCUT2D eigenvalue weighted by molar-refractivity contribution is 14.0. The van der Waals surface area contributed by atoms with Gasteiger partial charge in [0.05, 0.1) is 19.3 Å². The predicted molar refractivity (Wildman–Crippen MR) is 119 cm³/mol. The van der Waals surface area contributed by atoms with E-state index in [1.807, 2.05) is 18.7 Å². The Bertz CT molecular complexity index is 841. The second-order valence-corrected chi connectivity index (χ2v) is 6.62. The van der Waals surface area contributed by atoms with Crippen LogP contribution in [0.3, 0.4) is 0 Å². The fourth-order valence-electron chi connectivity index (χ4n) is 3.01. The number of guanidine groups is 1. The van der Waals surface area contributed by atoms with Crippen molar-refractivity contribution in [2.45, 2.75) is 46.7 Å². The van der Waals surface area contributed by atoms with Crippen LogP contribution < -0.4 is 10.6 Å². The monoisotopic (exact) mass is 503 g/mol. The van der Waals surface area contributed by atoms with Gasteiger partial charge in [0.2, 0.25) is 0 Å². The van der Waals surface area contributed by atoms with Gasteiger partial charge in [-0.2, -0.15) is 5.10 Å². The van der Waals surface area contributed by atoms with E-state index in [1.165, 1.54) is 18.4 Å². The molecular formula is C19H30IN5O3. The van der Waals surface area contributed by atoms with Crippen molar-refractivity contribution in [3.8, 4) is 0 Å². The number of carbonyl (C=O) groups is 1. The van der Waals surface area contributed by atoms with Gasteiger partial charge in [-0.05, 0) is 45.7 Å². The van der Waals surface area contributed by atoms with Crippen molar-refractivity contribution in [2.75, 3.05) is 14.2 Å². The Labute approximate surface area is 183 Å². The second-order valence-electron chi connectivity index (χ2n) is 6.62. The van der Waals surface area contributed by atoms with Gasteiger partial charge in [0.15, 0.2) is 5.96 Å². The van der Waals surface area contributed by atoms with E-state index in [0.717, 1.165) is 12.1 Å². The zero-order valence-electron chi connectivity index (χ0n) is 17.5. The van der Waals surface area contributed by atoms with E-state index < -0.39 is 5.97 Å². The minimum atomic E-state index is -0.402. The summed E-state index contributed by atoms with van der Waals surface area (Å²) in [7, 11) is 5.03. The van der Waals surface area contributed by atoms with Crippen LogP contribution in [-0.2, 0) is 24.8 Å². The molecule has 2 aromatic heterocycles. The quantitative estimate of drug-likeness (QED) is 0.273. The molecule has 2 rings (SSSR count). The Kier molecular flexibility index (Phi) is 8.99. The molecule has 0 saturated carbocycles. The SMILES string of the molecule is CN=C(NCc1cc(C(=O)OC)c(C)o1)NC(C)Cc1c(C)nn(C)c1C.I. The highest BCUT2D eigenvalue weighted by Gasteiger charge is 2.16. The fraction of sp³-hybridized carbons (Fsp3) is 0.526. The first kappa shape index (κ1) is 24.0. The third-order valence-electron chi connectivity index (χ3n) is 4.58. The third-order valence-corrected chi connectivity index (χ3v) is 4.58. The molecule has 0 amide bonds. The Balaban J connectivity index is 0.00000392. The number of hydrogen-bond acceptors (Lipinski definition) is 5. The maximum atomic E-state index is 11.7. The van der Waals surface area contributed by atoms with Crippen molar-refractivity contribution in [3.05, 3.63) is 40.1 Å². The lowest BCUT2D eigenvalue weighted by molar-refractivity contribution is 0.0599. The van der Waals surface area contributed by atoms with Crippen LogP contribution >= 0.6 is 24.0 Å². The number of hydrogen-bond donors (Lipinski definition) is 2. The number of ether oxygens (including phenoxy) is 1. The maximum absolute atomic E-state index is 11.7. The topological polar surface area (TPSA) is 93.7 Å². The smallest absolute Gasteiger partial charge is 0.341 e. The number of methoxy groups -OCH3 is 1. The van der Waals surface area contributed by atoms with E-state index in [-0.39, 0.29) is 30.0 Å². The molecular weight excluding hydrogens is 473 g/mol. The molecule has 0 aromatic carbocycles. The van der Waals surface area contributed by atoms with E-state index in [2.05, 4.69) is 34.6 Å². The minimum Gasteiger partial charge on any atom is -0.465 e. The number of aliphatic imine (C=N–C) groups is 1. The summed E-state index contributed by atoms with van der Waals surface area (Å²) in [6.45, 7) is 8.36. The molecule has 2 heterocycles. The van der Waals surface area contributed by atoms with E-state index >= 15 is 0 Å².